The Hall–Kier alpha value is -3.14. The van der Waals surface area contributed by atoms with Crippen molar-refractivity contribution in [1.29, 1.82) is 0 Å². The minimum Gasteiger partial charge on any atom is -0.367 e. The van der Waals surface area contributed by atoms with E-state index in [1.165, 1.54) is 6.07 Å². The molecule has 0 aliphatic heterocycles. The minimum absolute atomic E-state index is 0.360. The summed E-state index contributed by atoms with van der Waals surface area (Å²) in [5, 5.41) is 23.2. The van der Waals surface area contributed by atoms with E-state index >= 15 is 0 Å². The summed E-state index contributed by atoms with van der Waals surface area (Å²) in [4.78, 5) is 0. The quantitative estimate of drug-likeness (QED) is 0.487. The number of fused-ring (bicyclic) bond motifs is 1. The summed E-state index contributed by atoms with van der Waals surface area (Å²) in [5.74, 6) is 2.19. The Bertz CT molecular complexity index is 1210. The summed E-state index contributed by atoms with van der Waals surface area (Å²) in [7, 11) is 0. The van der Waals surface area contributed by atoms with Gasteiger partial charge in [-0.3, -0.25) is 5.10 Å². The van der Waals surface area contributed by atoms with Crippen LogP contribution in [0.5, 0.6) is 0 Å². The number of H-pyrrole nitrogens is 1. The summed E-state index contributed by atoms with van der Waals surface area (Å²) in [6, 6.07) is 10.1. The van der Waals surface area contributed by atoms with Crippen LogP contribution in [-0.4, -0.2) is 41.1 Å². The molecule has 0 spiro atoms. The summed E-state index contributed by atoms with van der Waals surface area (Å²) < 4.78 is 18.3. The molecule has 3 heterocycles. The molecule has 0 bridgehead atoms. The maximum absolute atomic E-state index is 14.1. The highest BCUT2D eigenvalue weighted by atomic mass is 32.1. The molecule has 28 heavy (non-hydrogen) atoms. The molecule has 0 unspecified atom stereocenters. The first-order valence-electron chi connectivity index (χ1n) is 9.07. The van der Waals surface area contributed by atoms with Gasteiger partial charge in [0, 0.05) is 19.0 Å². The van der Waals surface area contributed by atoms with Crippen LogP contribution in [-0.2, 0) is 6.54 Å². The minimum atomic E-state index is -0.362. The van der Waals surface area contributed by atoms with Gasteiger partial charge in [-0.05, 0) is 49.3 Å². The highest BCUT2D eigenvalue weighted by molar-refractivity contribution is 7.71. The maximum Gasteiger partial charge on any atom is 0.195 e. The summed E-state index contributed by atoms with van der Waals surface area (Å²) in [5.41, 5.74) is 0.912. The Kier molecular flexibility index (Phi) is 4.12. The van der Waals surface area contributed by atoms with Gasteiger partial charge in [-0.15, -0.1) is 15.3 Å². The first kappa shape index (κ1) is 17.0. The average molecular weight is 396 g/mol. The zero-order chi connectivity index (χ0) is 19.1. The van der Waals surface area contributed by atoms with Crippen LogP contribution < -0.4 is 5.32 Å². The number of anilines is 1. The molecule has 4 aromatic rings. The molecule has 10 heteroatoms. The number of halogens is 1. The molecule has 1 aliphatic rings. The van der Waals surface area contributed by atoms with Crippen LogP contribution >= 0.6 is 12.2 Å². The van der Waals surface area contributed by atoms with Crippen molar-refractivity contribution >= 4 is 23.7 Å². The van der Waals surface area contributed by atoms with Gasteiger partial charge in [0.15, 0.2) is 16.2 Å². The number of aromatic nitrogens is 7. The van der Waals surface area contributed by atoms with Crippen LogP contribution in [0.1, 0.15) is 24.6 Å². The van der Waals surface area contributed by atoms with E-state index in [9.17, 15) is 4.39 Å². The lowest BCUT2D eigenvalue weighted by molar-refractivity contribution is 0.629. The van der Waals surface area contributed by atoms with Crippen LogP contribution in [0, 0.1) is 10.6 Å². The second kappa shape index (κ2) is 6.79. The second-order valence-corrected chi connectivity index (χ2v) is 7.12. The van der Waals surface area contributed by atoms with Crippen LogP contribution in [0.3, 0.4) is 0 Å². The van der Waals surface area contributed by atoms with Crippen molar-refractivity contribution < 1.29 is 4.39 Å². The molecule has 0 amide bonds. The molecule has 3 aromatic heterocycles. The molecular weight excluding hydrogens is 379 g/mol. The number of nitrogens with one attached hydrogen (secondary N) is 2. The fourth-order valence-electron chi connectivity index (χ4n) is 3.19. The molecule has 1 fully saturated rings. The number of hydrogen-bond acceptors (Lipinski definition) is 6. The van der Waals surface area contributed by atoms with Crippen LogP contribution in [0.2, 0.25) is 0 Å². The van der Waals surface area contributed by atoms with Gasteiger partial charge in [0.05, 0.1) is 5.56 Å². The first-order valence-corrected chi connectivity index (χ1v) is 9.48. The lowest BCUT2D eigenvalue weighted by atomic mass is 10.2. The first-order chi connectivity index (χ1) is 13.7. The van der Waals surface area contributed by atoms with Gasteiger partial charge in [-0.25, -0.2) is 4.39 Å². The van der Waals surface area contributed by atoms with Crippen LogP contribution in [0.25, 0.3) is 17.0 Å². The fraction of sp³-hybridized carbons (Fsp3) is 0.278. The Balaban J connectivity index is 1.37. The van der Waals surface area contributed by atoms with E-state index in [0.717, 1.165) is 18.7 Å². The topological polar surface area (TPSA) is 88.7 Å². The van der Waals surface area contributed by atoms with Crippen molar-refractivity contribution in [3.8, 4) is 11.4 Å². The van der Waals surface area contributed by atoms with Gasteiger partial charge in [-0.2, -0.15) is 9.61 Å². The lowest BCUT2D eigenvalue weighted by Crippen LogP contribution is -2.14. The molecule has 0 atom stereocenters. The third-order valence-corrected chi connectivity index (χ3v) is 5.06. The SMILES string of the molecule is Fc1ccccc1-c1nnc2ccc(NCCn3c(C4CC4)n[nH]c3=S)nn12. The fourth-order valence-corrected chi connectivity index (χ4v) is 3.42. The predicted octanol–water partition coefficient (Wildman–Crippen LogP) is 3.17. The molecule has 8 nitrogen and oxygen atoms in total. The highest BCUT2D eigenvalue weighted by Crippen LogP contribution is 2.38. The van der Waals surface area contributed by atoms with E-state index in [2.05, 4.69) is 30.8 Å². The molecule has 5 rings (SSSR count). The maximum atomic E-state index is 14.1. The van der Waals surface area contributed by atoms with Crippen LogP contribution in [0.15, 0.2) is 36.4 Å². The van der Waals surface area contributed by atoms with Crippen molar-refractivity contribution in [3.63, 3.8) is 0 Å². The smallest absolute Gasteiger partial charge is 0.195 e. The molecular formula is C18H17FN8S. The normalized spacial score (nSPS) is 13.9. The van der Waals surface area contributed by atoms with E-state index in [1.807, 2.05) is 10.6 Å². The average Bonchev–Trinajstić information content (AvgIpc) is 3.36. The Morgan fingerprint density at radius 1 is 1.18 bits per heavy atom. The van der Waals surface area contributed by atoms with Gasteiger partial charge in [0.2, 0.25) is 0 Å². The van der Waals surface area contributed by atoms with Crippen molar-refractivity contribution in [3.05, 3.63) is 52.8 Å². The Morgan fingerprint density at radius 3 is 2.86 bits per heavy atom. The number of aromatic amines is 1. The summed E-state index contributed by atoms with van der Waals surface area (Å²) >= 11 is 5.33. The molecule has 0 radical (unpaired) electrons. The number of hydrogen-bond donors (Lipinski definition) is 2. The zero-order valence-corrected chi connectivity index (χ0v) is 15.7. The van der Waals surface area contributed by atoms with Crippen molar-refractivity contribution in [2.75, 3.05) is 11.9 Å². The second-order valence-electron chi connectivity index (χ2n) is 6.73. The summed E-state index contributed by atoms with van der Waals surface area (Å²) in [6.45, 7) is 1.31. The van der Waals surface area contributed by atoms with Gasteiger partial charge >= 0.3 is 0 Å². The zero-order valence-electron chi connectivity index (χ0n) is 14.8. The van der Waals surface area contributed by atoms with E-state index in [1.54, 1.807) is 28.8 Å². The predicted molar refractivity (Wildman–Crippen MR) is 104 cm³/mol. The lowest BCUT2D eigenvalue weighted by Gasteiger charge is -2.09. The highest BCUT2D eigenvalue weighted by Gasteiger charge is 2.28. The van der Waals surface area contributed by atoms with Crippen molar-refractivity contribution in [2.24, 2.45) is 0 Å². The summed E-state index contributed by atoms with van der Waals surface area (Å²) in [6.07, 6.45) is 2.33. The van der Waals surface area contributed by atoms with E-state index in [0.29, 0.717) is 46.6 Å². The Labute approximate surface area is 164 Å². The molecule has 142 valence electrons. The third kappa shape index (κ3) is 3.05. The van der Waals surface area contributed by atoms with Crippen molar-refractivity contribution in [2.45, 2.75) is 25.3 Å². The Morgan fingerprint density at radius 2 is 2.04 bits per heavy atom. The van der Waals surface area contributed by atoms with E-state index in [-0.39, 0.29) is 5.82 Å². The largest absolute Gasteiger partial charge is 0.367 e. The van der Waals surface area contributed by atoms with Crippen LogP contribution in [0.4, 0.5) is 10.2 Å². The molecule has 1 aromatic carbocycles. The number of rotatable bonds is 6. The van der Waals surface area contributed by atoms with Gasteiger partial charge in [0.1, 0.15) is 17.5 Å². The molecule has 1 aliphatic carbocycles. The monoisotopic (exact) mass is 396 g/mol. The van der Waals surface area contributed by atoms with Gasteiger partial charge < -0.3 is 9.88 Å². The molecule has 0 saturated heterocycles. The van der Waals surface area contributed by atoms with E-state index in [4.69, 9.17) is 12.2 Å². The third-order valence-electron chi connectivity index (χ3n) is 4.75. The van der Waals surface area contributed by atoms with Gasteiger partial charge in [0.25, 0.3) is 0 Å². The standard InChI is InChI=1S/C18H17FN8S/c19-13-4-2-1-3-12(13)17-23-21-15-8-7-14(25-27(15)17)20-9-10-26-16(11-5-6-11)22-24-18(26)28/h1-4,7-8,11H,5-6,9-10H2,(H,20,25)(H,24,28). The van der Waals surface area contributed by atoms with Crippen molar-refractivity contribution in [1.82, 2.24) is 34.6 Å². The van der Waals surface area contributed by atoms with Gasteiger partial charge in [-0.1, -0.05) is 12.1 Å². The molecule has 1 saturated carbocycles. The molecule has 2 N–H and O–H groups in total. The number of nitrogens with zero attached hydrogens (tertiary/aromatic N) is 6. The number of benzene rings is 1. The van der Waals surface area contributed by atoms with E-state index < -0.39 is 0 Å².